The van der Waals surface area contributed by atoms with Crippen molar-refractivity contribution in [3.05, 3.63) is 12.7 Å². The van der Waals surface area contributed by atoms with Gasteiger partial charge in [0.25, 0.3) is 0 Å². The van der Waals surface area contributed by atoms with E-state index in [0.717, 1.165) is 13.1 Å². The molecule has 0 aliphatic carbocycles. The van der Waals surface area contributed by atoms with Crippen molar-refractivity contribution >= 4 is 5.97 Å². The summed E-state index contributed by atoms with van der Waals surface area (Å²) < 4.78 is 4.90. The lowest BCUT2D eigenvalue weighted by Crippen LogP contribution is -2.21. The Bertz CT molecular complexity index is 292. The quantitative estimate of drug-likeness (QED) is 0.161. The molecule has 3 heteroatoms. The summed E-state index contributed by atoms with van der Waals surface area (Å²) in [6.07, 6.45) is 22.1. The van der Waals surface area contributed by atoms with Crippen LogP contribution in [0.4, 0.5) is 0 Å². The number of carbonyl (C=O) groups excluding carboxylic acids is 1. The van der Waals surface area contributed by atoms with Crippen LogP contribution in [0.15, 0.2) is 12.7 Å². The molecule has 0 saturated heterocycles. The van der Waals surface area contributed by atoms with Gasteiger partial charge in [0.2, 0.25) is 0 Å². The molecular formula is C22H43NO2. The van der Waals surface area contributed by atoms with Gasteiger partial charge in [0.05, 0.1) is 0 Å². The zero-order valence-corrected chi connectivity index (χ0v) is 16.8. The second-order valence-corrected chi connectivity index (χ2v) is 7.07. The molecule has 0 aromatic rings. The van der Waals surface area contributed by atoms with E-state index in [1.54, 1.807) is 0 Å². The Labute approximate surface area is 157 Å². The minimum Gasteiger partial charge on any atom is -0.461 e. The van der Waals surface area contributed by atoms with Gasteiger partial charge in [0.1, 0.15) is 6.61 Å². The summed E-state index contributed by atoms with van der Waals surface area (Å²) >= 11 is 0. The van der Waals surface area contributed by atoms with Gasteiger partial charge >= 0.3 is 5.97 Å². The highest BCUT2D eigenvalue weighted by Gasteiger charge is 1.96. The first kappa shape index (κ1) is 24.2. The number of hydrogen-bond donors (Lipinski definition) is 1. The second kappa shape index (κ2) is 21.2. The summed E-state index contributed by atoms with van der Waals surface area (Å²) in [5.41, 5.74) is 0. The summed E-state index contributed by atoms with van der Waals surface area (Å²) in [4.78, 5) is 10.8. The normalized spacial score (nSPS) is 10.8. The van der Waals surface area contributed by atoms with Gasteiger partial charge in [-0.3, -0.25) is 0 Å². The van der Waals surface area contributed by atoms with E-state index in [0.29, 0.717) is 6.61 Å². The maximum absolute atomic E-state index is 10.8. The topological polar surface area (TPSA) is 38.3 Å². The van der Waals surface area contributed by atoms with Gasteiger partial charge in [-0.05, 0) is 13.0 Å². The molecule has 25 heavy (non-hydrogen) atoms. The monoisotopic (exact) mass is 353 g/mol. The average molecular weight is 354 g/mol. The predicted molar refractivity (Wildman–Crippen MR) is 109 cm³/mol. The van der Waals surface area contributed by atoms with E-state index in [-0.39, 0.29) is 5.97 Å². The van der Waals surface area contributed by atoms with E-state index in [1.165, 1.54) is 102 Å². The Morgan fingerprint density at radius 2 is 1.20 bits per heavy atom. The van der Waals surface area contributed by atoms with Crippen LogP contribution in [0.5, 0.6) is 0 Å². The summed E-state index contributed by atoms with van der Waals surface area (Å²) in [7, 11) is 0. The number of esters is 1. The lowest BCUT2D eigenvalue weighted by atomic mass is 10.0. The Hall–Kier alpha value is -0.830. The van der Waals surface area contributed by atoms with Gasteiger partial charge in [-0.15, -0.1) is 0 Å². The number of nitrogens with one attached hydrogen (secondary N) is 1. The fraction of sp³-hybridized carbons (Fsp3) is 0.864. The van der Waals surface area contributed by atoms with Crippen molar-refractivity contribution in [2.24, 2.45) is 0 Å². The molecule has 0 spiro atoms. The zero-order chi connectivity index (χ0) is 18.4. The van der Waals surface area contributed by atoms with Gasteiger partial charge < -0.3 is 10.1 Å². The highest BCUT2D eigenvalue weighted by Crippen LogP contribution is 2.13. The first-order valence-electron chi connectivity index (χ1n) is 10.8. The lowest BCUT2D eigenvalue weighted by Gasteiger charge is -2.05. The maximum Gasteiger partial charge on any atom is 0.330 e. The molecule has 0 unspecified atom stereocenters. The van der Waals surface area contributed by atoms with Crippen molar-refractivity contribution in [1.82, 2.24) is 5.32 Å². The van der Waals surface area contributed by atoms with Crippen molar-refractivity contribution in [3.8, 4) is 0 Å². The van der Waals surface area contributed by atoms with E-state index in [2.05, 4.69) is 18.8 Å². The van der Waals surface area contributed by atoms with E-state index < -0.39 is 0 Å². The zero-order valence-electron chi connectivity index (χ0n) is 16.8. The summed E-state index contributed by atoms with van der Waals surface area (Å²) in [5.74, 6) is -0.339. The Balaban J connectivity index is 3.00. The van der Waals surface area contributed by atoms with Crippen molar-refractivity contribution in [1.29, 1.82) is 0 Å². The van der Waals surface area contributed by atoms with E-state index in [9.17, 15) is 4.79 Å². The largest absolute Gasteiger partial charge is 0.461 e. The highest BCUT2D eigenvalue weighted by atomic mass is 16.5. The molecule has 148 valence electrons. The first-order chi connectivity index (χ1) is 12.3. The molecule has 0 aromatic carbocycles. The summed E-state index contributed by atoms with van der Waals surface area (Å²) in [5, 5.41) is 3.30. The van der Waals surface area contributed by atoms with Crippen LogP contribution < -0.4 is 5.32 Å². The molecule has 0 heterocycles. The van der Waals surface area contributed by atoms with Crippen molar-refractivity contribution < 1.29 is 9.53 Å². The lowest BCUT2D eigenvalue weighted by molar-refractivity contribution is -0.137. The average Bonchev–Trinajstić information content (AvgIpc) is 2.63. The van der Waals surface area contributed by atoms with Crippen molar-refractivity contribution in [2.45, 2.75) is 103 Å². The van der Waals surface area contributed by atoms with Crippen molar-refractivity contribution in [2.75, 3.05) is 19.7 Å². The van der Waals surface area contributed by atoms with E-state index in [1.807, 2.05) is 0 Å². The molecule has 0 atom stereocenters. The van der Waals surface area contributed by atoms with Crippen molar-refractivity contribution in [3.63, 3.8) is 0 Å². The third-order valence-electron chi connectivity index (χ3n) is 4.65. The molecule has 0 aliphatic rings. The molecule has 3 nitrogen and oxygen atoms in total. The van der Waals surface area contributed by atoms with Gasteiger partial charge in [0.15, 0.2) is 0 Å². The Morgan fingerprint density at radius 1 is 0.760 bits per heavy atom. The molecule has 0 amide bonds. The molecule has 0 rings (SSSR count). The summed E-state index contributed by atoms with van der Waals surface area (Å²) in [6.45, 7) is 7.83. The van der Waals surface area contributed by atoms with Crippen LogP contribution in [-0.4, -0.2) is 25.7 Å². The van der Waals surface area contributed by atoms with E-state index >= 15 is 0 Å². The standard InChI is InChI=1S/C22H43NO2/c1-3-5-6-7-8-9-10-11-12-13-14-15-16-17-18-19-23-20-21-25-22(24)4-2/h4,23H,2-3,5-21H2,1H3. The first-order valence-corrected chi connectivity index (χ1v) is 10.8. The van der Waals surface area contributed by atoms with Crippen LogP contribution in [0.25, 0.3) is 0 Å². The van der Waals surface area contributed by atoms with Crippen LogP contribution in [0.3, 0.4) is 0 Å². The van der Waals surface area contributed by atoms with Gasteiger partial charge in [-0.2, -0.15) is 0 Å². The maximum atomic E-state index is 10.8. The highest BCUT2D eigenvalue weighted by molar-refractivity contribution is 5.81. The molecule has 0 aliphatic heterocycles. The molecule has 0 fully saturated rings. The second-order valence-electron chi connectivity index (χ2n) is 7.07. The molecular weight excluding hydrogens is 310 g/mol. The number of carbonyl (C=O) groups is 1. The van der Waals surface area contributed by atoms with E-state index in [4.69, 9.17) is 4.74 Å². The van der Waals surface area contributed by atoms with Gasteiger partial charge in [0, 0.05) is 12.6 Å². The van der Waals surface area contributed by atoms with Crippen LogP contribution in [0.1, 0.15) is 103 Å². The van der Waals surface area contributed by atoms with Gasteiger partial charge in [-0.25, -0.2) is 4.79 Å². The molecule has 0 saturated carbocycles. The minimum atomic E-state index is -0.339. The molecule has 0 radical (unpaired) electrons. The molecule has 0 bridgehead atoms. The van der Waals surface area contributed by atoms with Crippen LogP contribution in [0.2, 0.25) is 0 Å². The number of unbranched alkanes of at least 4 members (excludes halogenated alkanes) is 14. The van der Waals surface area contributed by atoms with Crippen LogP contribution in [-0.2, 0) is 9.53 Å². The molecule has 0 aromatic heterocycles. The molecule has 1 N–H and O–H groups in total. The Morgan fingerprint density at radius 3 is 1.64 bits per heavy atom. The number of hydrogen-bond acceptors (Lipinski definition) is 3. The van der Waals surface area contributed by atoms with Gasteiger partial charge in [-0.1, -0.05) is 103 Å². The predicted octanol–water partition coefficient (Wildman–Crippen LogP) is 6.18. The van der Waals surface area contributed by atoms with Crippen LogP contribution in [0, 0.1) is 0 Å². The third kappa shape index (κ3) is 21.1. The number of rotatable bonds is 20. The smallest absolute Gasteiger partial charge is 0.330 e. The SMILES string of the molecule is C=CC(=O)OCCNCCCCCCCCCCCCCCCCC. The third-order valence-corrected chi connectivity index (χ3v) is 4.65. The Kier molecular flexibility index (Phi) is 20.5. The fourth-order valence-corrected chi connectivity index (χ4v) is 3.03. The summed E-state index contributed by atoms with van der Waals surface area (Å²) in [6, 6.07) is 0. The minimum absolute atomic E-state index is 0.339. The van der Waals surface area contributed by atoms with Crippen LogP contribution >= 0.6 is 0 Å². The number of ether oxygens (including phenoxy) is 1. The fourth-order valence-electron chi connectivity index (χ4n) is 3.03.